The Morgan fingerprint density at radius 3 is 2.75 bits per heavy atom. The lowest BCUT2D eigenvalue weighted by Crippen LogP contribution is -2.30. The van der Waals surface area contributed by atoms with E-state index < -0.39 is 0 Å². The van der Waals surface area contributed by atoms with Crippen molar-refractivity contribution < 1.29 is 9.53 Å². The lowest BCUT2D eigenvalue weighted by atomic mass is 9.85. The fraction of sp³-hybridized carbons (Fsp3) is 0.300. The molecule has 1 heterocycles. The van der Waals surface area contributed by atoms with Crippen LogP contribution in [0, 0.1) is 0 Å². The van der Waals surface area contributed by atoms with Crippen molar-refractivity contribution in [3.05, 3.63) is 64.2 Å². The van der Waals surface area contributed by atoms with Gasteiger partial charge in [-0.3, -0.25) is 9.79 Å². The molecule has 2 aromatic carbocycles. The SMILES string of the molecule is COc1cc(Cl)ccc1C(=O)CC1=NC(C)(C)Cc2ccccc21. The summed E-state index contributed by atoms with van der Waals surface area (Å²) in [4.78, 5) is 17.6. The number of fused-ring (bicyclic) bond motifs is 1. The van der Waals surface area contributed by atoms with Crippen LogP contribution >= 0.6 is 11.6 Å². The number of benzene rings is 2. The molecule has 0 fully saturated rings. The van der Waals surface area contributed by atoms with E-state index in [-0.39, 0.29) is 17.7 Å². The molecule has 0 saturated heterocycles. The summed E-state index contributed by atoms with van der Waals surface area (Å²) in [5.74, 6) is 0.478. The molecule has 0 spiro atoms. The van der Waals surface area contributed by atoms with Crippen LogP contribution in [0.25, 0.3) is 0 Å². The molecule has 0 unspecified atom stereocenters. The smallest absolute Gasteiger partial charge is 0.172 e. The van der Waals surface area contributed by atoms with Crippen molar-refractivity contribution >= 4 is 23.1 Å². The van der Waals surface area contributed by atoms with Crippen LogP contribution in [0.3, 0.4) is 0 Å². The number of methoxy groups -OCH3 is 1. The zero-order valence-electron chi connectivity index (χ0n) is 14.1. The zero-order chi connectivity index (χ0) is 17.3. The Labute approximate surface area is 147 Å². The molecule has 0 bridgehead atoms. The molecule has 0 aromatic heterocycles. The Morgan fingerprint density at radius 2 is 2.00 bits per heavy atom. The number of hydrogen-bond acceptors (Lipinski definition) is 3. The molecule has 4 heteroatoms. The van der Waals surface area contributed by atoms with E-state index in [0.717, 1.165) is 17.7 Å². The Kier molecular flexibility index (Phi) is 4.46. The highest BCUT2D eigenvalue weighted by Gasteiger charge is 2.28. The highest BCUT2D eigenvalue weighted by atomic mass is 35.5. The third kappa shape index (κ3) is 3.36. The summed E-state index contributed by atoms with van der Waals surface area (Å²) >= 11 is 5.98. The molecule has 124 valence electrons. The van der Waals surface area contributed by atoms with Crippen LogP contribution in [0.5, 0.6) is 5.75 Å². The fourth-order valence-electron chi connectivity index (χ4n) is 3.16. The first-order valence-electron chi connectivity index (χ1n) is 7.93. The fourth-order valence-corrected chi connectivity index (χ4v) is 3.33. The highest BCUT2D eigenvalue weighted by molar-refractivity contribution is 6.31. The van der Waals surface area contributed by atoms with Crippen LogP contribution in [-0.2, 0) is 6.42 Å². The maximum Gasteiger partial charge on any atom is 0.172 e. The van der Waals surface area contributed by atoms with Gasteiger partial charge in [0, 0.05) is 5.02 Å². The van der Waals surface area contributed by atoms with Crippen molar-refractivity contribution in [2.75, 3.05) is 7.11 Å². The van der Waals surface area contributed by atoms with E-state index in [0.29, 0.717) is 16.3 Å². The minimum absolute atomic E-state index is 0.0187. The third-order valence-electron chi connectivity index (χ3n) is 4.18. The van der Waals surface area contributed by atoms with Gasteiger partial charge in [0.1, 0.15) is 5.75 Å². The zero-order valence-corrected chi connectivity index (χ0v) is 14.9. The van der Waals surface area contributed by atoms with Gasteiger partial charge >= 0.3 is 0 Å². The van der Waals surface area contributed by atoms with Gasteiger partial charge in [0.15, 0.2) is 5.78 Å². The number of ketones is 1. The number of carbonyl (C=O) groups is 1. The molecule has 0 aliphatic carbocycles. The number of carbonyl (C=O) groups excluding carboxylic acids is 1. The van der Waals surface area contributed by atoms with Gasteiger partial charge in [0.2, 0.25) is 0 Å². The second-order valence-electron chi connectivity index (χ2n) is 6.65. The highest BCUT2D eigenvalue weighted by Crippen LogP contribution is 2.30. The van der Waals surface area contributed by atoms with Crippen LogP contribution in [0.1, 0.15) is 41.8 Å². The van der Waals surface area contributed by atoms with Gasteiger partial charge < -0.3 is 4.74 Å². The number of aliphatic imine (C=N–C) groups is 1. The van der Waals surface area contributed by atoms with Gasteiger partial charge in [0.05, 0.1) is 30.3 Å². The van der Waals surface area contributed by atoms with E-state index in [1.807, 2.05) is 18.2 Å². The van der Waals surface area contributed by atoms with E-state index in [1.165, 1.54) is 5.56 Å². The van der Waals surface area contributed by atoms with Crippen LogP contribution in [0.15, 0.2) is 47.5 Å². The van der Waals surface area contributed by atoms with Gasteiger partial charge in [0.25, 0.3) is 0 Å². The predicted octanol–water partition coefficient (Wildman–Crippen LogP) is 4.75. The summed E-state index contributed by atoms with van der Waals surface area (Å²) in [5.41, 5.74) is 3.48. The van der Waals surface area contributed by atoms with Crippen molar-refractivity contribution in [2.45, 2.75) is 32.2 Å². The van der Waals surface area contributed by atoms with E-state index >= 15 is 0 Å². The molecule has 0 atom stereocenters. The minimum Gasteiger partial charge on any atom is -0.496 e. The summed E-state index contributed by atoms with van der Waals surface area (Å²) in [7, 11) is 1.54. The third-order valence-corrected chi connectivity index (χ3v) is 4.42. The Balaban J connectivity index is 1.95. The Bertz CT molecular complexity index is 824. The number of hydrogen-bond donors (Lipinski definition) is 0. The number of rotatable bonds is 4. The molecule has 24 heavy (non-hydrogen) atoms. The van der Waals surface area contributed by atoms with Crippen molar-refractivity contribution in [1.82, 2.24) is 0 Å². The molecule has 3 rings (SSSR count). The average Bonchev–Trinajstić information content (AvgIpc) is 2.53. The maximum absolute atomic E-state index is 12.8. The van der Waals surface area contributed by atoms with E-state index in [1.54, 1.807) is 25.3 Å². The normalized spacial score (nSPS) is 15.4. The number of nitrogens with zero attached hydrogens (tertiary/aromatic N) is 1. The summed E-state index contributed by atoms with van der Waals surface area (Å²) < 4.78 is 5.30. The van der Waals surface area contributed by atoms with E-state index in [9.17, 15) is 4.79 Å². The summed E-state index contributed by atoms with van der Waals surface area (Å²) in [5, 5.41) is 0.546. The molecule has 2 aromatic rings. The van der Waals surface area contributed by atoms with Crippen molar-refractivity contribution in [3.8, 4) is 5.75 Å². The molecular formula is C20H20ClNO2. The first-order chi connectivity index (χ1) is 11.4. The standard InChI is InChI=1S/C20H20ClNO2/c1-20(2)12-13-6-4-5-7-15(13)17(22-20)11-18(23)16-9-8-14(21)10-19(16)24-3/h4-10H,11-12H2,1-3H3. The quantitative estimate of drug-likeness (QED) is 0.753. The molecule has 0 amide bonds. The molecular weight excluding hydrogens is 322 g/mol. The molecule has 1 aliphatic heterocycles. The first-order valence-corrected chi connectivity index (χ1v) is 8.31. The summed E-state index contributed by atoms with van der Waals surface area (Å²) in [6.07, 6.45) is 1.13. The lowest BCUT2D eigenvalue weighted by Gasteiger charge is -2.29. The van der Waals surface area contributed by atoms with Crippen LogP contribution in [0.2, 0.25) is 5.02 Å². The lowest BCUT2D eigenvalue weighted by molar-refractivity contribution is 0.0997. The topological polar surface area (TPSA) is 38.7 Å². The van der Waals surface area contributed by atoms with Gasteiger partial charge in [-0.2, -0.15) is 0 Å². The van der Waals surface area contributed by atoms with E-state index in [4.69, 9.17) is 21.3 Å². The predicted molar refractivity (Wildman–Crippen MR) is 97.7 cm³/mol. The maximum atomic E-state index is 12.8. The minimum atomic E-state index is -0.200. The summed E-state index contributed by atoms with van der Waals surface area (Å²) in [6.45, 7) is 4.19. The molecule has 3 nitrogen and oxygen atoms in total. The van der Waals surface area contributed by atoms with Gasteiger partial charge in [-0.15, -0.1) is 0 Å². The Hall–Kier alpha value is -2.13. The molecule has 0 radical (unpaired) electrons. The van der Waals surface area contributed by atoms with Crippen LogP contribution < -0.4 is 4.74 Å². The number of Topliss-reactive ketones (excluding diaryl/α,β-unsaturated/α-hetero) is 1. The second-order valence-corrected chi connectivity index (χ2v) is 7.09. The van der Waals surface area contributed by atoms with Crippen molar-refractivity contribution in [2.24, 2.45) is 4.99 Å². The van der Waals surface area contributed by atoms with Crippen molar-refractivity contribution in [3.63, 3.8) is 0 Å². The monoisotopic (exact) mass is 341 g/mol. The number of ether oxygens (including phenoxy) is 1. The summed E-state index contributed by atoms with van der Waals surface area (Å²) in [6, 6.07) is 13.2. The number of halogens is 1. The molecule has 0 N–H and O–H groups in total. The van der Waals surface area contributed by atoms with Crippen LogP contribution in [-0.4, -0.2) is 24.1 Å². The average molecular weight is 342 g/mol. The molecule has 0 saturated carbocycles. The second kappa shape index (κ2) is 6.40. The van der Waals surface area contributed by atoms with Gasteiger partial charge in [-0.25, -0.2) is 0 Å². The van der Waals surface area contributed by atoms with Gasteiger partial charge in [-0.1, -0.05) is 35.9 Å². The molecule has 1 aliphatic rings. The first kappa shape index (κ1) is 16.7. The van der Waals surface area contributed by atoms with Crippen LogP contribution in [0.4, 0.5) is 0 Å². The van der Waals surface area contributed by atoms with Crippen molar-refractivity contribution in [1.29, 1.82) is 0 Å². The van der Waals surface area contributed by atoms with E-state index in [2.05, 4.69) is 19.9 Å². The Morgan fingerprint density at radius 1 is 1.25 bits per heavy atom. The largest absolute Gasteiger partial charge is 0.496 e. The van der Waals surface area contributed by atoms with Gasteiger partial charge in [-0.05, 0) is 49.6 Å².